The van der Waals surface area contributed by atoms with Crippen LogP contribution in [0.15, 0.2) is 18.2 Å². The van der Waals surface area contributed by atoms with Crippen LogP contribution in [-0.2, 0) is 4.79 Å². The van der Waals surface area contributed by atoms with Crippen molar-refractivity contribution in [2.24, 2.45) is 5.73 Å². The molecule has 8 heteroatoms. The minimum Gasteiger partial charge on any atom is -0.368 e. The van der Waals surface area contributed by atoms with E-state index in [0.717, 1.165) is 0 Å². The Morgan fingerprint density at radius 1 is 1.50 bits per heavy atom. The average Bonchev–Trinajstić information content (AvgIpc) is 2.27. The van der Waals surface area contributed by atoms with E-state index >= 15 is 0 Å². The highest BCUT2D eigenvalue weighted by molar-refractivity contribution is 6.33. The number of primary amides is 1. The largest absolute Gasteiger partial charge is 0.368 e. The summed E-state index contributed by atoms with van der Waals surface area (Å²) >= 11 is 5.65. The highest BCUT2D eigenvalue weighted by Crippen LogP contribution is 2.28. The molecule has 0 spiro atoms. The summed E-state index contributed by atoms with van der Waals surface area (Å²) in [5, 5.41) is 12.9. The molecule has 3 N–H and O–H groups in total. The van der Waals surface area contributed by atoms with Crippen LogP contribution in [0.5, 0.6) is 0 Å². The number of hydrogen-bond acceptors (Lipinski definition) is 4. The maximum atomic E-state index is 11.8. The lowest BCUT2D eigenvalue weighted by Gasteiger charge is -2.10. The van der Waals surface area contributed by atoms with E-state index in [9.17, 15) is 19.7 Å². The Hall–Kier alpha value is -2.15. The molecule has 96 valence electrons. The van der Waals surface area contributed by atoms with Crippen molar-refractivity contribution in [2.45, 2.75) is 13.0 Å². The Kier molecular flexibility index (Phi) is 4.22. The molecule has 0 bridgehead atoms. The molecule has 0 aliphatic carbocycles. The van der Waals surface area contributed by atoms with E-state index in [0.29, 0.717) is 0 Å². The molecule has 1 unspecified atom stereocenters. The predicted octanol–water partition coefficient (Wildman–Crippen LogP) is 0.852. The number of carbonyl (C=O) groups excluding carboxylic acids is 2. The van der Waals surface area contributed by atoms with Crippen LogP contribution in [0.1, 0.15) is 17.3 Å². The van der Waals surface area contributed by atoms with Gasteiger partial charge in [-0.1, -0.05) is 17.7 Å². The normalized spacial score (nSPS) is 11.7. The van der Waals surface area contributed by atoms with Crippen LogP contribution in [0, 0.1) is 10.1 Å². The first-order valence-electron chi connectivity index (χ1n) is 4.87. The van der Waals surface area contributed by atoms with Gasteiger partial charge < -0.3 is 11.1 Å². The number of halogens is 1. The number of carbonyl (C=O) groups is 2. The first-order chi connectivity index (χ1) is 8.34. The molecule has 0 heterocycles. The van der Waals surface area contributed by atoms with Gasteiger partial charge in [-0.25, -0.2) is 0 Å². The fourth-order valence-electron chi connectivity index (χ4n) is 1.23. The highest BCUT2D eigenvalue weighted by atomic mass is 35.5. The van der Waals surface area contributed by atoms with Crippen LogP contribution in [-0.4, -0.2) is 22.8 Å². The topological polar surface area (TPSA) is 115 Å². The first-order valence-corrected chi connectivity index (χ1v) is 5.25. The third kappa shape index (κ3) is 2.95. The van der Waals surface area contributed by atoms with Gasteiger partial charge >= 0.3 is 5.69 Å². The maximum absolute atomic E-state index is 11.8. The fraction of sp³-hybridized carbons (Fsp3) is 0.200. The number of hydrogen-bond donors (Lipinski definition) is 2. The van der Waals surface area contributed by atoms with Crippen molar-refractivity contribution in [3.63, 3.8) is 0 Å². The van der Waals surface area contributed by atoms with Crippen molar-refractivity contribution in [3.8, 4) is 0 Å². The molecule has 1 rings (SSSR count). The minimum atomic E-state index is -0.934. The van der Waals surface area contributed by atoms with Crippen molar-refractivity contribution in [1.82, 2.24) is 5.32 Å². The third-order valence-electron chi connectivity index (χ3n) is 2.19. The zero-order valence-corrected chi connectivity index (χ0v) is 10.1. The second-order valence-corrected chi connectivity index (χ2v) is 3.90. The predicted molar refractivity (Wildman–Crippen MR) is 64.2 cm³/mol. The molecule has 0 radical (unpaired) electrons. The van der Waals surface area contributed by atoms with Crippen molar-refractivity contribution in [2.75, 3.05) is 0 Å². The van der Waals surface area contributed by atoms with E-state index in [2.05, 4.69) is 5.32 Å². The van der Waals surface area contributed by atoms with Crippen molar-refractivity contribution < 1.29 is 14.5 Å². The first kappa shape index (κ1) is 13.9. The Balaban J connectivity index is 3.10. The van der Waals surface area contributed by atoms with E-state index in [1.165, 1.54) is 25.1 Å². The quantitative estimate of drug-likeness (QED) is 0.624. The molecule has 2 amide bonds. The number of rotatable bonds is 4. The summed E-state index contributed by atoms with van der Waals surface area (Å²) in [6.07, 6.45) is 0. The van der Waals surface area contributed by atoms with E-state index < -0.39 is 28.5 Å². The summed E-state index contributed by atoms with van der Waals surface area (Å²) in [6.45, 7) is 1.37. The van der Waals surface area contributed by atoms with Crippen LogP contribution in [0.2, 0.25) is 5.02 Å². The molecule has 18 heavy (non-hydrogen) atoms. The summed E-state index contributed by atoms with van der Waals surface area (Å²) in [5.74, 6) is -1.52. The Morgan fingerprint density at radius 2 is 2.11 bits per heavy atom. The molecule has 0 saturated carbocycles. The Labute approximate surface area is 107 Å². The number of nitrogens with one attached hydrogen (secondary N) is 1. The number of nitro benzene ring substituents is 1. The summed E-state index contributed by atoms with van der Waals surface area (Å²) in [7, 11) is 0. The molecule has 1 aromatic carbocycles. The number of nitro groups is 1. The van der Waals surface area contributed by atoms with E-state index in [1.54, 1.807) is 0 Å². The van der Waals surface area contributed by atoms with E-state index in [-0.39, 0.29) is 10.6 Å². The molecule has 0 aliphatic heterocycles. The number of benzene rings is 1. The van der Waals surface area contributed by atoms with Crippen molar-refractivity contribution in [3.05, 3.63) is 38.9 Å². The van der Waals surface area contributed by atoms with Gasteiger partial charge in [0.15, 0.2) is 0 Å². The summed E-state index contributed by atoms with van der Waals surface area (Å²) in [5.41, 5.74) is 4.25. The zero-order chi connectivity index (χ0) is 13.9. The fourth-order valence-corrected chi connectivity index (χ4v) is 1.47. The third-order valence-corrected chi connectivity index (χ3v) is 2.49. The maximum Gasteiger partial charge on any atom is 0.300 e. The molecule has 1 atom stereocenters. The number of para-hydroxylation sites is 1. The van der Waals surface area contributed by atoms with Gasteiger partial charge in [-0.2, -0.15) is 0 Å². The molecule has 0 aliphatic rings. The lowest BCUT2D eigenvalue weighted by Crippen LogP contribution is -2.42. The summed E-state index contributed by atoms with van der Waals surface area (Å²) in [4.78, 5) is 32.6. The van der Waals surface area contributed by atoms with Gasteiger partial charge in [0, 0.05) is 0 Å². The number of amides is 2. The van der Waals surface area contributed by atoms with Gasteiger partial charge in [0.1, 0.15) is 16.6 Å². The second-order valence-electron chi connectivity index (χ2n) is 3.49. The van der Waals surface area contributed by atoms with Crippen LogP contribution in [0.4, 0.5) is 5.69 Å². The van der Waals surface area contributed by atoms with E-state index in [4.69, 9.17) is 17.3 Å². The van der Waals surface area contributed by atoms with Crippen LogP contribution >= 0.6 is 11.6 Å². The number of nitrogens with zero attached hydrogens (tertiary/aromatic N) is 1. The molecule has 0 aromatic heterocycles. The van der Waals surface area contributed by atoms with Gasteiger partial charge in [-0.15, -0.1) is 0 Å². The molecule has 0 saturated heterocycles. The van der Waals surface area contributed by atoms with Gasteiger partial charge in [0.25, 0.3) is 5.91 Å². The summed E-state index contributed by atoms with van der Waals surface area (Å²) < 4.78 is 0. The van der Waals surface area contributed by atoms with Crippen LogP contribution in [0.25, 0.3) is 0 Å². The van der Waals surface area contributed by atoms with Crippen LogP contribution in [0.3, 0.4) is 0 Å². The van der Waals surface area contributed by atoms with Gasteiger partial charge in [-0.3, -0.25) is 19.7 Å². The molecule has 1 aromatic rings. The molecule has 7 nitrogen and oxygen atoms in total. The monoisotopic (exact) mass is 271 g/mol. The molecular weight excluding hydrogens is 262 g/mol. The minimum absolute atomic E-state index is 0.153. The standard InChI is InChI=1S/C10H10ClN3O4/c1-5(9(12)15)13-10(16)6-3-2-4-7(11)8(6)14(17)18/h2-5H,1H3,(H2,12,15)(H,13,16). The van der Waals surface area contributed by atoms with E-state index in [1.807, 2.05) is 0 Å². The number of nitrogens with two attached hydrogens (primary N) is 1. The molecule has 0 fully saturated rings. The van der Waals surface area contributed by atoms with Crippen molar-refractivity contribution >= 4 is 29.1 Å². The van der Waals surface area contributed by atoms with Crippen molar-refractivity contribution in [1.29, 1.82) is 0 Å². The molecular formula is C10H10ClN3O4. The Bertz CT molecular complexity index is 518. The van der Waals surface area contributed by atoms with Gasteiger partial charge in [0.05, 0.1) is 4.92 Å². The smallest absolute Gasteiger partial charge is 0.300 e. The lowest BCUT2D eigenvalue weighted by molar-refractivity contribution is -0.385. The zero-order valence-electron chi connectivity index (χ0n) is 9.34. The second kappa shape index (κ2) is 5.46. The highest BCUT2D eigenvalue weighted by Gasteiger charge is 2.25. The average molecular weight is 272 g/mol. The summed E-state index contributed by atoms with van der Waals surface area (Å²) in [6, 6.07) is 3.01. The van der Waals surface area contributed by atoms with Crippen LogP contribution < -0.4 is 11.1 Å². The van der Waals surface area contributed by atoms with Gasteiger partial charge in [-0.05, 0) is 19.1 Å². The Morgan fingerprint density at radius 3 is 2.61 bits per heavy atom. The van der Waals surface area contributed by atoms with Gasteiger partial charge in [0.2, 0.25) is 5.91 Å². The SMILES string of the molecule is CC(NC(=O)c1cccc(Cl)c1[N+](=O)[O-])C(N)=O. The lowest BCUT2D eigenvalue weighted by atomic mass is 10.1.